The van der Waals surface area contributed by atoms with Crippen LogP contribution in [0.3, 0.4) is 0 Å². The number of ether oxygens (including phenoxy) is 19. The van der Waals surface area contributed by atoms with Gasteiger partial charge in [0, 0.05) is 22.3 Å². The van der Waals surface area contributed by atoms with Crippen LogP contribution in [0.25, 0.3) is 0 Å². The molecule has 1 N–H and O–H groups in total. The van der Waals surface area contributed by atoms with Crippen LogP contribution < -0.4 is 0 Å². The Balaban J connectivity index is 0.831. The number of aliphatic hydroxyl groups is 1. The van der Waals surface area contributed by atoms with Crippen molar-refractivity contribution in [2.75, 3.05) is 26.4 Å². The van der Waals surface area contributed by atoms with Gasteiger partial charge in [0.25, 0.3) is 0 Å². The molecule has 24 atom stereocenters. The minimum atomic E-state index is -2.88. The van der Waals surface area contributed by atoms with Crippen molar-refractivity contribution in [2.45, 2.75) is 213 Å². The van der Waals surface area contributed by atoms with Crippen LogP contribution in [0, 0.1) is 0 Å². The molecule has 8 aromatic carbocycles. The number of aliphatic hydroxyl groups excluding tert-OH is 1. The first-order chi connectivity index (χ1) is 52.8. The summed E-state index contributed by atoms with van der Waals surface area (Å²) in [7, 11) is -2.88. The fourth-order valence-electron chi connectivity index (χ4n) is 15.0. The standard InChI is InChI=1S/C86H96O21Si/c1-86(2,3)108(4,5)107-77-73(91-49-57-36-20-9-21-37-57)69-65(53-95-82(103-69)61-44-28-13-29-45-61)99-85(77)106-76-72(90-48-56-34-18-8-19-35-56)68-64(52-94-81(102-68)60-42-26-12-27-43-60)98-84(76)105-75-71(89-47-55-32-16-7-17-33-55)67-63(51-93-80(101-67)59-40-24-11-25-41-59)97-83(75)104-74-70(88-46-54-30-14-6-15-31-54)66-62(96-78(74)87)50-92-79(100-66)58-38-22-10-23-39-58/h6-45,62-85,87H,46-53H2,1-5H3/t62-,63-,64-,65-,66-,67-,68-,69-,70+,71+,72+,73+,74+,75+,76+,77+,78?,79?,80?,81?,82?,83+,84+,85+/m1/s1. The van der Waals surface area contributed by atoms with Gasteiger partial charge in [-0.2, -0.15) is 0 Å². The molecule has 0 spiro atoms. The molecule has 8 aliphatic rings. The summed E-state index contributed by atoms with van der Waals surface area (Å²) in [6, 6.07) is 78.5. The Hall–Kier alpha value is -6.86. The molecule has 8 fully saturated rings. The van der Waals surface area contributed by atoms with Crippen LogP contribution in [-0.2, 0) is 121 Å². The molecule has 0 aliphatic carbocycles. The van der Waals surface area contributed by atoms with E-state index in [1.54, 1.807) is 0 Å². The maximum absolute atomic E-state index is 12.7. The Bertz CT molecular complexity index is 4050. The Kier molecular flexibility index (Phi) is 24.0. The second kappa shape index (κ2) is 34.4. The fourth-order valence-corrected chi connectivity index (χ4v) is 16.3. The van der Waals surface area contributed by atoms with Gasteiger partial charge in [-0.3, -0.25) is 0 Å². The van der Waals surface area contributed by atoms with Crippen LogP contribution in [0.1, 0.15) is 90.4 Å². The van der Waals surface area contributed by atoms with Crippen LogP contribution in [-0.4, -0.2) is 163 Å². The van der Waals surface area contributed by atoms with Gasteiger partial charge in [-0.1, -0.05) is 263 Å². The van der Waals surface area contributed by atoms with Crippen LogP contribution >= 0.6 is 0 Å². The molecule has 0 radical (unpaired) electrons. The normalized spacial score (nSPS) is 34.2. The lowest BCUT2D eigenvalue weighted by Crippen LogP contribution is -2.71. The van der Waals surface area contributed by atoms with Crippen molar-refractivity contribution in [3.63, 3.8) is 0 Å². The SMILES string of the molecule is CC(C)(C)[Si](C)(C)O[C@@H]1[C@H](O[C@@H]2[C@H](O[C@@H]3[C@H](O[C@@H]4C(O)O[C@@H]5COC(c6ccccc6)O[C@H]5[C@@H]4OCc4ccccc4)O[C@@H]4COC(c5ccccc5)O[C@H]4[C@@H]3OCc3ccccc3)O[C@@H]3COC(c4ccccc4)O[C@H]3[C@@H]2OCc2ccccc2)O[C@@H]2COC(c3ccccc3)O[C@H]2[C@@H]1OCc1ccccc1. The molecular weight excluding hydrogens is 1400 g/mol. The van der Waals surface area contributed by atoms with Gasteiger partial charge in [0.05, 0.1) is 52.9 Å². The summed E-state index contributed by atoms with van der Waals surface area (Å²) in [4.78, 5) is 0. The van der Waals surface area contributed by atoms with Crippen LogP contribution in [0.15, 0.2) is 243 Å². The smallest absolute Gasteiger partial charge is 0.192 e. The second-order valence-corrected chi connectivity index (χ2v) is 34.8. The first-order valence-electron chi connectivity index (χ1n) is 37.6. The van der Waals surface area contributed by atoms with Crippen LogP contribution in [0.5, 0.6) is 0 Å². The van der Waals surface area contributed by atoms with Gasteiger partial charge in [-0.15, -0.1) is 0 Å². The molecule has 8 aromatic rings. The van der Waals surface area contributed by atoms with Crippen molar-refractivity contribution < 1.29 is 99.5 Å². The van der Waals surface area contributed by atoms with Crippen molar-refractivity contribution in [3.8, 4) is 0 Å². The van der Waals surface area contributed by atoms with Gasteiger partial charge in [0.1, 0.15) is 97.7 Å². The molecule has 0 aromatic heterocycles. The van der Waals surface area contributed by atoms with Crippen molar-refractivity contribution in [2.24, 2.45) is 0 Å². The number of benzene rings is 8. The third-order valence-corrected chi connectivity index (χ3v) is 26.2. The monoisotopic (exact) mass is 1490 g/mol. The minimum Gasteiger partial charge on any atom is -0.406 e. The molecule has 570 valence electrons. The molecule has 108 heavy (non-hydrogen) atoms. The average molecular weight is 1490 g/mol. The van der Waals surface area contributed by atoms with Gasteiger partial charge in [0.15, 0.2) is 58.6 Å². The van der Waals surface area contributed by atoms with Gasteiger partial charge in [-0.05, 0) is 40.4 Å². The van der Waals surface area contributed by atoms with E-state index < -0.39 is 156 Å². The Labute approximate surface area is 631 Å². The highest BCUT2D eigenvalue weighted by Crippen LogP contribution is 2.48. The summed E-state index contributed by atoms with van der Waals surface area (Å²) < 4.78 is 144. The fraction of sp³-hybridized carbons (Fsp3) is 0.442. The van der Waals surface area contributed by atoms with E-state index in [1.165, 1.54) is 0 Å². The van der Waals surface area contributed by atoms with Crippen molar-refractivity contribution in [1.29, 1.82) is 0 Å². The molecular formula is C86H96O21Si. The predicted molar refractivity (Wildman–Crippen MR) is 394 cm³/mol. The predicted octanol–water partition coefficient (Wildman–Crippen LogP) is 13.2. The highest BCUT2D eigenvalue weighted by Gasteiger charge is 2.62. The molecule has 5 unspecified atom stereocenters. The molecule has 0 bridgehead atoms. The maximum atomic E-state index is 12.7. The second-order valence-electron chi connectivity index (χ2n) is 30.1. The van der Waals surface area contributed by atoms with E-state index in [0.717, 1.165) is 44.5 Å². The molecule has 8 saturated heterocycles. The van der Waals surface area contributed by atoms with E-state index in [-0.39, 0.29) is 57.9 Å². The molecule has 21 nitrogen and oxygen atoms in total. The highest BCUT2D eigenvalue weighted by molar-refractivity contribution is 6.74. The average Bonchev–Trinajstić information content (AvgIpc) is 0.747. The lowest BCUT2D eigenvalue weighted by molar-refractivity contribution is -0.438. The minimum absolute atomic E-state index is 0.0233. The van der Waals surface area contributed by atoms with Crippen molar-refractivity contribution >= 4 is 8.32 Å². The van der Waals surface area contributed by atoms with E-state index in [2.05, 4.69) is 33.9 Å². The summed E-state index contributed by atoms with van der Waals surface area (Å²) in [6.45, 7) is 11.6. The van der Waals surface area contributed by atoms with E-state index >= 15 is 0 Å². The number of hydrogen-bond donors (Lipinski definition) is 1. The Morgan fingerprint density at radius 3 is 0.833 bits per heavy atom. The van der Waals surface area contributed by atoms with Gasteiger partial charge < -0.3 is 99.5 Å². The maximum Gasteiger partial charge on any atom is 0.192 e. The summed E-state index contributed by atoms with van der Waals surface area (Å²) in [5.74, 6) is 0. The van der Waals surface area contributed by atoms with Gasteiger partial charge in [-0.25, -0.2) is 0 Å². The third-order valence-electron chi connectivity index (χ3n) is 21.7. The topological polar surface area (TPSA) is 205 Å². The molecule has 0 saturated carbocycles. The molecule has 22 heteroatoms. The number of hydrogen-bond acceptors (Lipinski definition) is 21. The lowest BCUT2D eigenvalue weighted by atomic mass is 9.94. The lowest BCUT2D eigenvalue weighted by Gasteiger charge is -2.55. The Morgan fingerprint density at radius 1 is 0.306 bits per heavy atom. The molecule has 0 amide bonds. The van der Waals surface area contributed by atoms with Crippen LogP contribution in [0.4, 0.5) is 0 Å². The zero-order valence-electron chi connectivity index (χ0n) is 61.2. The number of fused-ring (bicyclic) bond motifs is 4. The first-order valence-corrected chi connectivity index (χ1v) is 40.6. The molecule has 8 aliphatic heterocycles. The Morgan fingerprint density at radius 2 is 0.546 bits per heavy atom. The summed E-state index contributed by atoms with van der Waals surface area (Å²) in [5.41, 5.74) is 6.72. The highest BCUT2D eigenvalue weighted by atomic mass is 28.4. The zero-order valence-corrected chi connectivity index (χ0v) is 62.2. The number of rotatable bonds is 24. The summed E-state index contributed by atoms with van der Waals surface area (Å²) >= 11 is 0. The van der Waals surface area contributed by atoms with E-state index in [0.29, 0.717) is 0 Å². The zero-order chi connectivity index (χ0) is 73.6. The van der Waals surface area contributed by atoms with E-state index in [9.17, 15) is 5.11 Å². The summed E-state index contributed by atoms with van der Waals surface area (Å²) in [6.07, 6.45) is -25.0. The van der Waals surface area contributed by atoms with E-state index in [1.807, 2.05) is 243 Å². The van der Waals surface area contributed by atoms with Crippen molar-refractivity contribution in [1.82, 2.24) is 0 Å². The van der Waals surface area contributed by atoms with E-state index in [4.69, 9.17) is 94.4 Å². The van der Waals surface area contributed by atoms with Crippen molar-refractivity contribution in [3.05, 3.63) is 287 Å². The quantitative estimate of drug-likeness (QED) is 0.0558. The van der Waals surface area contributed by atoms with Gasteiger partial charge in [0.2, 0.25) is 0 Å². The van der Waals surface area contributed by atoms with Gasteiger partial charge >= 0.3 is 0 Å². The first kappa shape index (κ1) is 75.2. The van der Waals surface area contributed by atoms with Crippen LogP contribution in [0.2, 0.25) is 18.1 Å². The largest absolute Gasteiger partial charge is 0.406 e. The molecule has 8 heterocycles. The molecule has 16 rings (SSSR count). The summed E-state index contributed by atoms with van der Waals surface area (Å²) in [5, 5.41) is 12.4. The third kappa shape index (κ3) is 17.3.